The van der Waals surface area contributed by atoms with Crippen molar-refractivity contribution in [3.05, 3.63) is 18.2 Å². The molecule has 0 aliphatic carbocycles. The molecular weight excluding hydrogens is 386 g/mol. The first-order chi connectivity index (χ1) is 13.9. The van der Waals surface area contributed by atoms with Crippen LogP contribution in [-0.2, 0) is 19.1 Å². The van der Waals surface area contributed by atoms with Crippen molar-refractivity contribution >= 4 is 23.5 Å². The molecule has 1 saturated heterocycles. The highest BCUT2D eigenvalue weighted by Gasteiger charge is 2.11. The van der Waals surface area contributed by atoms with Crippen molar-refractivity contribution in [3.8, 4) is 11.5 Å². The first-order valence-electron chi connectivity index (χ1n) is 8.86. The summed E-state index contributed by atoms with van der Waals surface area (Å²) in [4.78, 5) is 32.5. The Morgan fingerprint density at radius 3 is 2.31 bits per heavy atom. The number of amides is 1. The van der Waals surface area contributed by atoms with Gasteiger partial charge >= 0.3 is 11.9 Å². The lowest BCUT2D eigenvalue weighted by Gasteiger charge is -2.26. The minimum atomic E-state index is -1.82. The third kappa shape index (κ3) is 9.74. The van der Waals surface area contributed by atoms with Crippen LogP contribution in [0.5, 0.6) is 11.5 Å². The number of ether oxygens (including phenoxy) is 3. The number of hydrogen-bond acceptors (Lipinski definition) is 8. The number of hydrogen-bond donors (Lipinski definition) is 4. The van der Waals surface area contributed by atoms with E-state index >= 15 is 0 Å². The van der Waals surface area contributed by atoms with E-state index in [1.165, 1.54) is 0 Å². The van der Waals surface area contributed by atoms with Gasteiger partial charge in [-0.3, -0.25) is 9.69 Å². The molecule has 0 atom stereocenters. The highest BCUT2D eigenvalue weighted by Crippen LogP contribution is 2.28. The van der Waals surface area contributed by atoms with Gasteiger partial charge in [-0.2, -0.15) is 0 Å². The van der Waals surface area contributed by atoms with Crippen LogP contribution in [-0.4, -0.2) is 93.1 Å². The summed E-state index contributed by atoms with van der Waals surface area (Å²) >= 11 is 0. The number of carboxylic acid groups (broad SMARTS) is 2. The summed E-state index contributed by atoms with van der Waals surface area (Å²) in [7, 11) is 3.15. The molecule has 0 spiro atoms. The minimum Gasteiger partial charge on any atom is -0.497 e. The fourth-order valence-electron chi connectivity index (χ4n) is 2.37. The van der Waals surface area contributed by atoms with Crippen LogP contribution in [0.2, 0.25) is 0 Å². The van der Waals surface area contributed by atoms with Gasteiger partial charge in [-0.1, -0.05) is 0 Å². The van der Waals surface area contributed by atoms with E-state index in [1.807, 2.05) is 0 Å². The Kier molecular flexibility index (Phi) is 11.1. The number of carbonyl (C=O) groups excluding carboxylic acids is 1. The first kappa shape index (κ1) is 24.1. The molecule has 162 valence electrons. The van der Waals surface area contributed by atoms with Gasteiger partial charge in [0.15, 0.2) is 0 Å². The molecule has 4 N–H and O–H groups in total. The third-order valence-corrected chi connectivity index (χ3v) is 3.86. The van der Waals surface area contributed by atoms with Gasteiger partial charge in [0.05, 0.1) is 39.7 Å². The molecule has 1 aromatic rings. The Balaban J connectivity index is 0.000000612. The van der Waals surface area contributed by atoms with Gasteiger partial charge in [-0.15, -0.1) is 0 Å². The Labute approximate surface area is 168 Å². The largest absolute Gasteiger partial charge is 0.497 e. The van der Waals surface area contributed by atoms with E-state index in [2.05, 4.69) is 15.5 Å². The van der Waals surface area contributed by atoms with Gasteiger partial charge in [-0.05, 0) is 12.1 Å². The number of morpholine rings is 1. The molecule has 0 saturated carbocycles. The Morgan fingerprint density at radius 1 is 1.10 bits per heavy atom. The molecule has 1 heterocycles. The van der Waals surface area contributed by atoms with Crippen molar-refractivity contribution in [2.75, 3.05) is 65.5 Å². The molecule has 1 fully saturated rings. The molecule has 1 aliphatic heterocycles. The van der Waals surface area contributed by atoms with Crippen LogP contribution in [0, 0.1) is 0 Å². The molecule has 1 aliphatic rings. The van der Waals surface area contributed by atoms with Crippen LogP contribution in [0.4, 0.5) is 5.69 Å². The highest BCUT2D eigenvalue weighted by atomic mass is 16.5. The summed E-state index contributed by atoms with van der Waals surface area (Å²) < 4.78 is 15.7. The number of nitrogens with one attached hydrogen (secondary N) is 2. The van der Waals surface area contributed by atoms with E-state index in [0.717, 1.165) is 39.4 Å². The minimum absolute atomic E-state index is 0.112. The second-order valence-electron chi connectivity index (χ2n) is 5.86. The van der Waals surface area contributed by atoms with Crippen molar-refractivity contribution in [1.29, 1.82) is 0 Å². The molecule has 1 amide bonds. The van der Waals surface area contributed by atoms with Crippen molar-refractivity contribution in [1.82, 2.24) is 10.2 Å². The molecule has 1 aromatic carbocycles. The van der Waals surface area contributed by atoms with E-state index < -0.39 is 11.9 Å². The number of anilines is 1. The topological polar surface area (TPSA) is 147 Å². The number of carbonyl (C=O) groups is 3. The summed E-state index contributed by atoms with van der Waals surface area (Å²) in [6.45, 7) is 5.42. The van der Waals surface area contributed by atoms with Gasteiger partial charge in [0, 0.05) is 32.2 Å². The van der Waals surface area contributed by atoms with E-state index in [4.69, 9.17) is 34.0 Å². The number of aliphatic carboxylic acids is 2. The predicted molar refractivity (Wildman–Crippen MR) is 104 cm³/mol. The van der Waals surface area contributed by atoms with Gasteiger partial charge in [0.2, 0.25) is 5.91 Å². The third-order valence-electron chi connectivity index (χ3n) is 3.86. The van der Waals surface area contributed by atoms with Crippen LogP contribution < -0.4 is 20.1 Å². The smallest absolute Gasteiger partial charge is 0.414 e. The van der Waals surface area contributed by atoms with Crippen molar-refractivity contribution in [2.45, 2.75) is 0 Å². The quantitative estimate of drug-likeness (QED) is 0.331. The maximum absolute atomic E-state index is 12.0. The second kappa shape index (κ2) is 13.3. The standard InChI is InChI=1S/C16H25N3O4.C2H2O4/c1-21-13-3-4-15(22-2)14(11-13)18-16(20)12-17-5-6-19-7-9-23-10-8-19;3-1(4)2(5)6/h3-4,11,17H,5-10,12H2,1-2H3,(H,18,20);(H,3,4)(H,5,6). The zero-order valence-corrected chi connectivity index (χ0v) is 16.5. The van der Waals surface area contributed by atoms with Gasteiger partial charge < -0.3 is 35.1 Å². The van der Waals surface area contributed by atoms with E-state index in [0.29, 0.717) is 17.2 Å². The average Bonchev–Trinajstić information content (AvgIpc) is 2.72. The predicted octanol–water partition coefficient (Wildman–Crippen LogP) is -0.280. The van der Waals surface area contributed by atoms with E-state index in [-0.39, 0.29) is 12.5 Å². The maximum Gasteiger partial charge on any atom is 0.414 e. The number of carboxylic acids is 2. The Hall–Kier alpha value is -2.89. The summed E-state index contributed by atoms with van der Waals surface area (Å²) in [5, 5.41) is 20.8. The highest BCUT2D eigenvalue weighted by molar-refractivity contribution is 6.27. The zero-order chi connectivity index (χ0) is 21.6. The summed E-state index contributed by atoms with van der Waals surface area (Å²) in [5.41, 5.74) is 0.604. The SMILES string of the molecule is COc1ccc(OC)c(NC(=O)CNCCN2CCOCC2)c1.O=C(O)C(=O)O. The Morgan fingerprint density at radius 2 is 1.76 bits per heavy atom. The molecule has 11 nitrogen and oxygen atoms in total. The van der Waals surface area contributed by atoms with Crippen molar-refractivity contribution in [3.63, 3.8) is 0 Å². The van der Waals surface area contributed by atoms with Crippen LogP contribution in [0.15, 0.2) is 18.2 Å². The normalized spacial score (nSPS) is 13.6. The van der Waals surface area contributed by atoms with Crippen LogP contribution in [0.1, 0.15) is 0 Å². The summed E-state index contributed by atoms with van der Waals surface area (Å²) in [6.07, 6.45) is 0. The number of methoxy groups -OCH3 is 2. The summed E-state index contributed by atoms with van der Waals surface area (Å²) in [6, 6.07) is 5.29. The van der Waals surface area contributed by atoms with Crippen LogP contribution >= 0.6 is 0 Å². The number of benzene rings is 1. The lowest BCUT2D eigenvalue weighted by Crippen LogP contribution is -2.41. The van der Waals surface area contributed by atoms with E-state index in [1.54, 1.807) is 32.4 Å². The zero-order valence-electron chi connectivity index (χ0n) is 16.5. The fourth-order valence-corrected chi connectivity index (χ4v) is 2.37. The van der Waals surface area contributed by atoms with Crippen molar-refractivity contribution in [2.24, 2.45) is 0 Å². The van der Waals surface area contributed by atoms with Gasteiger partial charge in [0.1, 0.15) is 11.5 Å². The lowest BCUT2D eigenvalue weighted by atomic mass is 10.2. The van der Waals surface area contributed by atoms with E-state index in [9.17, 15) is 4.79 Å². The molecule has 0 aromatic heterocycles. The molecule has 29 heavy (non-hydrogen) atoms. The monoisotopic (exact) mass is 413 g/mol. The molecule has 0 radical (unpaired) electrons. The van der Waals surface area contributed by atoms with Crippen LogP contribution in [0.3, 0.4) is 0 Å². The average molecular weight is 413 g/mol. The number of rotatable bonds is 8. The van der Waals surface area contributed by atoms with Gasteiger partial charge in [-0.25, -0.2) is 9.59 Å². The molecule has 0 bridgehead atoms. The molecule has 0 unspecified atom stereocenters. The van der Waals surface area contributed by atoms with Crippen LogP contribution in [0.25, 0.3) is 0 Å². The molecular formula is C18H27N3O8. The second-order valence-corrected chi connectivity index (χ2v) is 5.86. The first-order valence-corrected chi connectivity index (χ1v) is 8.86. The fraction of sp³-hybridized carbons (Fsp3) is 0.500. The van der Waals surface area contributed by atoms with Crippen molar-refractivity contribution < 1.29 is 38.8 Å². The number of nitrogens with zero attached hydrogens (tertiary/aromatic N) is 1. The Bertz CT molecular complexity index is 665. The maximum atomic E-state index is 12.0. The summed E-state index contributed by atoms with van der Waals surface area (Å²) in [5.74, 6) is -2.49. The molecule has 2 rings (SSSR count). The van der Waals surface area contributed by atoms with Gasteiger partial charge in [0.25, 0.3) is 0 Å². The molecule has 11 heteroatoms. The lowest BCUT2D eigenvalue weighted by molar-refractivity contribution is -0.159.